The summed E-state index contributed by atoms with van der Waals surface area (Å²) in [7, 11) is 0. The third-order valence-corrected chi connectivity index (χ3v) is 1.74. The normalized spacial score (nSPS) is 10.5. The van der Waals surface area contributed by atoms with Gasteiger partial charge in [0.05, 0.1) is 0 Å². The maximum absolute atomic E-state index is 10.3. The lowest BCUT2D eigenvalue weighted by Crippen LogP contribution is -2.11. The van der Waals surface area contributed by atoms with E-state index in [1.807, 2.05) is 0 Å². The molecule has 0 aliphatic rings. The smallest absolute Gasteiger partial charge is 0.341 e. The number of aliphatic carboxylic acids is 1. The zero-order chi connectivity index (χ0) is 10.8. The number of aromatic nitrogens is 4. The lowest BCUT2D eigenvalue weighted by atomic mass is 10.5. The largest absolute Gasteiger partial charge is 0.479 e. The molecule has 15 heavy (non-hydrogen) atoms. The van der Waals surface area contributed by atoms with Gasteiger partial charge in [-0.25, -0.2) is 4.79 Å². The number of hydrogen-bond acceptors (Lipinski definition) is 5. The summed E-state index contributed by atoms with van der Waals surface area (Å²) in [4.78, 5) is 10.3. The average molecular weight is 208 g/mol. The van der Waals surface area contributed by atoms with E-state index in [0.717, 1.165) is 0 Å². The van der Waals surface area contributed by atoms with Gasteiger partial charge in [-0.05, 0) is 13.0 Å². The van der Waals surface area contributed by atoms with Crippen molar-refractivity contribution in [2.24, 2.45) is 0 Å². The van der Waals surface area contributed by atoms with Crippen LogP contribution in [0.1, 0.15) is 5.82 Å². The first-order chi connectivity index (χ1) is 7.16. The van der Waals surface area contributed by atoms with Gasteiger partial charge in [0, 0.05) is 6.07 Å². The Morgan fingerprint density at radius 1 is 1.53 bits per heavy atom. The second kappa shape index (κ2) is 3.52. The minimum atomic E-state index is -1.04. The van der Waals surface area contributed by atoms with Crippen LogP contribution in [0.2, 0.25) is 0 Å². The molecule has 0 bridgehead atoms. The zero-order valence-electron chi connectivity index (χ0n) is 7.91. The molecule has 7 heteroatoms. The summed E-state index contributed by atoms with van der Waals surface area (Å²) in [5.41, 5.74) is 0.593. The SMILES string of the molecule is Cc1nnc2ccc(OCC(=O)O)nn12. The van der Waals surface area contributed by atoms with Crippen molar-refractivity contribution in [1.82, 2.24) is 19.8 Å². The van der Waals surface area contributed by atoms with Crippen molar-refractivity contribution in [3.8, 4) is 5.88 Å². The lowest BCUT2D eigenvalue weighted by Gasteiger charge is -2.01. The number of rotatable bonds is 3. The van der Waals surface area contributed by atoms with Crippen molar-refractivity contribution in [3.63, 3.8) is 0 Å². The number of carbonyl (C=O) groups is 1. The van der Waals surface area contributed by atoms with E-state index in [-0.39, 0.29) is 5.88 Å². The van der Waals surface area contributed by atoms with Crippen LogP contribution in [-0.2, 0) is 4.79 Å². The Labute approximate surface area is 84.3 Å². The molecule has 0 atom stereocenters. The van der Waals surface area contributed by atoms with Crippen molar-refractivity contribution >= 4 is 11.6 Å². The summed E-state index contributed by atoms with van der Waals surface area (Å²) >= 11 is 0. The van der Waals surface area contributed by atoms with E-state index in [1.165, 1.54) is 4.52 Å². The van der Waals surface area contributed by atoms with Crippen LogP contribution in [0, 0.1) is 6.92 Å². The van der Waals surface area contributed by atoms with Gasteiger partial charge in [-0.2, -0.15) is 4.52 Å². The molecule has 0 aliphatic heterocycles. The summed E-state index contributed by atoms with van der Waals surface area (Å²) in [6.07, 6.45) is 0. The van der Waals surface area contributed by atoms with E-state index in [0.29, 0.717) is 11.5 Å². The Morgan fingerprint density at radius 3 is 3.07 bits per heavy atom. The van der Waals surface area contributed by atoms with Crippen LogP contribution in [0.4, 0.5) is 0 Å². The predicted molar refractivity (Wildman–Crippen MR) is 48.6 cm³/mol. The highest BCUT2D eigenvalue weighted by Gasteiger charge is 2.05. The first-order valence-electron chi connectivity index (χ1n) is 4.20. The highest BCUT2D eigenvalue weighted by molar-refractivity contribution is 5.68. The van der Waals surface area contributed by atoms with Crippen LogP contribution in [-0.4, -0.2) is 37.5 Å². The molecule has 0 spiro atoms. The second-order valence-electron chi connectivity index (χ2n) is 2.87. The minimum Gasteiger partial charge on any atom is -0.479 e. The van der Waals surface area contributed by atoms with Gasteiger partial charge in [-0.3, -0.25) is 0 Å². The summed E-state index contributed by atoms with van der Waals surface area (Å²) in [5, 5.41) is 20.1. The Hall–Kier alpha value is -2.18. The monoisotopic (exact) mass is 208 g/mol. The number of carboxylic acid groups (broad SMARTS) is 1. The van der Waals surface area contributed by atoms with Gasteiger partial charge < -0.3 is 9.84 Å². The van der Waals surface area contributed by atoms with Gasteiger partial charge in [0.1, 0.15) is 0 Å². The van der Waals surface area contributed by atoms with Crippen molar-refractivity contribution in [3.05, 3.63) is 18.0 Å². The maximum Gasteiger partial charge on any atom is 0.341 e. The molecule has 0 unspecified atom stereocenters. The molecule has 1 N–H and O–H groups in total. The Bertz CT molecular complexity index is 508. The molecule has 78 valence electrons. The van der Waals surface area contributed by atoms with Gasteiger partial charge in [-0.15, -0.1) is 15.3 Å². The highest BCUT2D eigenvalue weighted by Crippen LogP contribution is 2.08. The summed E-state index contributed by atoms with van der Waals surface area (Å²) < 4.78 is 6.40. The van der Waals surface area contributed by atoms with Crippen LogP contribution >= 0.6 is 0 Å². The molecule has 0 amide bonds. The molecule has 2 aromatic heterocycles. The van der Waals surface area contributed by atoms with E-state index in [9.17, 15) is 4.79 Å². The molecule has 2 aromatic rings. The zero-order valence-corrected chi connectivity index (χ0v) is 7.91. The second-order valence-corrected chi connectivity index (χ2v) is 2.87. The fourth-order valence-electron chi connectivity index (χ4n) is 1.09. The highest BCUT2D eigenvalue weighted by atomic mass is 16.5. The third kappa shape index (κ3) is 1.85. The molecule has 0 aromatic carbocycles. The van der Waals surface area contributed by atoms with Crippen LogP contribution in [0.3, 0.4) is 0 Å². The van der Waals surface area contributed by atoms with E-state index in [1.54, 1.807) is 19.1 Å². The number of fused-ring (bicyclic) bond motifs is 1. The Morgan fingerprint density at radius 2 is 2.33 bits per heavy atom. The summed E-state index contributed by atoms with van der Waals surface area (Å²) in [5.74, 6) is -0.198. The fraction of sp³-hybridized carbons (Fsp3) is 0.250. The number of carboxylic acids is 1. The quantitative estimate of drug-likeness (QED) is 0.757. The van der Waals surface area contributed by atoms with E-state index in [2.05, 4.69) is 15.3 Å². The van der Waals surface area contributed by atoms with Gasteiger partial charge in [-0.1, -0.05) is 0 Å². The molecule has 0 saturated carbocycles. The van der Waals surface area contributed by atoms with Crippen LogP contribution in [0.15, 0.2) is 12.1 Å². The third-order valence-electron chi connectivity index (χ3n) is 1.74. The molecule has 2 rings (SSSR count). The van der Waals surface area contributed by atoms with Gasteiger partial charge in [0.15, 0.2) is 18.1 Å². The molecule has 0 fully saturated rings. The minimum absolute atomic E-state index is 0.229. The fourth-order valence-corrected chi connectivity index (χ4v) is 1.09. The maximum atomic E-state index is 10.3. The van der Waals surface area contributed by atoms with Crippen LogP contribution in [0.5, 0.6) is 5.88 Å². The van der Waals surface area contributed by atoms with E-state index < -0.39 is 12.6 Å². The van der Waals surface area contributed by atoms with E-state index >= 15 is 0 Å². The topological polar surface area (TPSA) is 89.6 Å². The Balaban J connectivity index is 2.29. The lowest BCUT2D eigenvalue weighted by molar-refractivity contribution is -0.139. The predicted octanol–water partition coefficient (Wildman–Crippen LogP) is -0.104. The van der Waals surface area contributed by atoms with Crippen molar-refractivity contribution in [2.75, 3.05) is 6.61 Å². The number of ether oxygens (including phenoxy) is 1. The van der Waals surface area contributed by atoms with Crippen LogP contribution in [0.25, 0.3) is 5.65 Å². The molecule has 7 nitrogen and oxygen atoms in total. The van der Waals surface area contributed by atoms with E-state index in [4.69, 9.17) is 9.84 Å². The van der Waals surface area contributed by atoms with Gasteiger partial charge in [0.2, 0.25) is 5.88 Å². The standard InChI is InChI=1S/C8H8N4O3/c1-5-9-10-6-2-3-7(11-12(5)6)15-4-8(13)14/h2-3H,4H2,1H3,(H,13,14). The van der Waals surface area contributed by atoms with Gasteiger partial charge in [0.25, 0.3) is 0 Å². The summed E-state index contributed by atoms with van der Waals surface area (Å²) in [6.45, 7) is 1.33. The summed E-state index contributed by atoms with van der Waals surface area (Å²) in [6, 6.07) is 3.20. The number of nitrogens with zero attached hydrogens (tertiary/aromatic N) is 4. The van der Waals surface area contributed by atoms with Crippen molar-refractivity contribution in [2.45, 2.75) is 6.92 Å². The first-order valence-corrected chi connectivity index (χ1v) is 4.20. The van der Waals surface area contributed by atoms with Gasteiger partial charge >= 0.3 is 5.97 Å². The molecule has 0 aliphatic carbocycles. The molecule has 0 radical (unpaired) electrons. The molecule has 0 saturated heterocycles. The average Bonchev–Trinajstić information content (AvgIpc) is 2.57. The first kappa shape index (κ1) is 9.38. The van der Waals surface area contributed by atoms with Crippen molar-refractivity contribution in [1.29, 1.82) is 0 Å². The molecule has 2 heterocycles. The molecular weight excluding hydrogens is 200 g/mol. The van der Waals surface area contributed by atoms with Crippen molar-refractivity contribution < 1.29 is 14.6 Å². The number of aryl methyl sites for hydroxylation is 1. The number of hydrogen-bond donors (Lipinski definition) is 1. The van der Waals surface area contributed by atoms with Crippen LogP contribution < -0.4 is 4.74 Å². The molecular formula is C8H8N4O3. The Kier molecular flexibility index (Phi) is 2.20.